The van der Waals surface area contributed by atoms with Gasteiger partial charge in [-0.25, -0.2) is 0 Å². The van der Waals surface area contributed by atoms with E-state index in [0.29, 0.717) is 6.54 Å². The van der Waals surface area contributed by atoms with Crippen molar-refractivity contribution in [2.24, 2.45) is 0 Å². The molecule has 0 radical (unpaired) electrons. The van der Waals surface area contributed by atoms with Crippen molar-refractivity contribution in [2.45, 2.75) is 32.2 Å². The van der Waals surface area contributed by atoms with Crippen molar-refractivity contribution in [2.75, 3.05) is 13.1 Å². The topological polar surface area (TPSA) is 49.4 Å². The average molecular weight is 260 g/mol. The Kier molecular flexibility index (Phi) is 4.55. The summed E-state index contributed by atoms with van der Waals surface area (Å²) in [5.41, 5.74) is 1.19. The van der Waals surface area contributed by atoms with E-state index < -0.39 is 0 Å². The Balaban J connectivity index is 2.02. The Bertz CT molecular complexity index is 445. The highest BCUT2D eigenvalue weighted by atomic mass is 16.2. The summed E-state index contributed by atoms with van der Waals surface area (Å²) < 4.78 is 0. The molecule has 4 heteroatoms. The lowest BCUT2D eigenvalue weighted by Crippen LogP contribution is -2.58. The third-order valence-corrected chi connectivity index (χ3v) is 3.46. The van der Waals surface area contributed by atoms with Gasteiger partial charge in [-0.15, -0.1) is 0 Å². The van der Waals surface area contributed by atoms with Gasteiger partial charge in [0.2, 0.25) is 11.8 Å². The van der Waals surface area contributed by atoms with Gasteiger partial charge in [0.15, 0.2) is 0 Å². The van der Waals surface area contributed by atoms with Gasteiger partial charge in [-0.05, 0) is 18.4 Å². The molecule has 0 aromatic heterocycles. The van der Waals surface area contributed by atoms with Crippen LogP contribution in [0.2, 0.25) is 0 Å². The maximum atomic E-state index is 12.0. The molecule has 2 rings (SSSR count). The molecular weight excluding hydrogens is 240 g/mol. The third-order valence-electron chi connectivity index (χ3n) is 3.46. The Morgan fingerprint density at radius 3 is 2.68 bits per heavy atom. The molecule has 1 aromatic rings. The van der Waals surface area contributed by atoms with Gasteiger partial charge < -0.3 is 10.2 Å². The molecule has 2 amide bonds. The minimum Gasteiger partial charge on any atom is -0.345 e. The van der Waals surface area contributed by atoms with Crippen LogP contribution in [0.1, 0.15) is 25.3 Å². The summed E-state index contributed by atoms with van der Waals surface area (Å²) in [6, 6.07) is 9.75. The van der Waals surface area contributed by atoms with Gasteiger partial charge in [-0.1, -0.05) is 43.7 Å². The number of hydrogen-bond donors (Lipinski definition) is 1. The molecule has 1 atom stereocenters. The molecule has 19 heavy (non-hydrogen) atoms. The number of nitrogens with zero attached hydrogens (tertiary/aromatic N) is 1. The molecule has 0 aliphatic carbocycles. The molecule has 1 saturated heterocycles. The lowest BCUT2D eigenvalue weighted by atomic mass is 10.1. The summed E-state index contributed by atoms with van der Waals surface area (Å²) in [5.74, 6) is 0.00323. The highest BCUT2D eigenvalue weighted by molar-refractivity contribution is 5.94. The second-order valence-electron chi connectivity index (χ2n) is 4.85. The van der Waals surface area contributed by atoms with E-state index in [4.69, 9.17) is 0 Å². The fourth-order valence-corrected chi connectivity index (χ4v) is 2.43. The fourth-order valence-electron chi connectivity index (χ4n) is 2.43. The standard InChI is InChI=1S/C15H20N2O2/c1-2-6-13-15(19)16-11-14(18)17(13)10-9-12-7-4-3-5-8-12/h3-5,7-8,13H,2,6,9-11H2,1H3,(H,16,19). The lowest BCUT2D eigenvalue weighted by molar-refractivity contribution is -0.145. The molecule has 0 saturated carbocycles. The Morgan fingerprint density at radius 2 is 2.00 bits per heavy atom. The van der Waals surface area contributed by atoms with Crippen LogP contribution >= 0.6 is 0 Å². The minimum absolute atomic E-state index is 0.0190. The van der Waals surface area contributed by atoms with E-state index in [1.807, 2.05) is 37.3 Å². The number of hydrogen-bond acceptors (Lipinski definition) is 2. The van der Waals surface area contributed by atoms with Crippen molar-refractivity contribution in [3.05, 3.63) is 35.9 Å². The number of benzene rings is 1. The maximum absolute atomic E-state index is 12.0. The molecule has 1 fully saturated rings. The van der Waals surface area contributed by atoms with Crippen LogP contribution in [0, 0.1) is 0 Å². The Morgan fingerprint density at radius 1 is 1.26 bits per heavy atom. The van der Waals surface area contributed by atoms with Crippen LogP contribution in [-0.4, -0.2) is 35.8 Å². The van der Waals surface area contributed by atoms with Gasteiger partial charge in [0.25, 0.3) is 0 Å². The molecule has 1 unspecified atom stereocenters. The van der Waals surface area contributed by atoms with Crippen molar-refractivity contribution in [1.29, 1.82) is 0 Å². The molecular formula is C15H20N2O2. The first kappa shape index (κ1) is 13.6. The minimum atomic E-state index is -0.296. The highest BCUT2D eigenvalue weighted by Crippen LogP contribution is 2.13. The van der Waals surface area contributed by atoms with Crippen LogP contribution < -0.4 is 5.32 Å². The number of nitrogens with one attached hydrogen (secondary N) is 1. The number of carbonyl (C=O) groups excluding carboxylic acids is 2. The first-order valence-corrected chi connectivity index (χ1v) is 6.83. The van der Waals surface area contributed by atoms with Crippen molar-refractivity contribution < 1.29 is 9.59 Å². The Hall–Kier alpha value is -1.84. The molecule has 4 nitrogen and oxygen atoms in total. The first-order valence-electron chi connectivity index (χ1n) is 6.83. The summed E-state index contributed by atoms with van der Waals surface area (Å²) >= 11 is 0. The summed E-state index contributed by atoms with van der Waals surface area (Å²) in [5, 5.41) is 2.66. The van der Waals surface area contributed by atoms with E-state index in [9.17, 15) is 9.59 Å². The van der Waals surface area contributed by atoms with Crippen LogP contribution in [0.4, 0.5) is 0 Å². The van der Waals surface area contributed by atoms with Gasteiger partial charge in [-0.2, -0.15) is 0 Å². The monoisotopic (exact) mass is 260 g/mol. The summed E-state index contributed by atoms with van der Waals surface area (Å²) in [4.78, 5) is 25.5. The molecule has 1 N–H and O–H groups in total. The van der Waals surface area contributed by atoms with Crippen LogP contribution in [0.3, 0.4) is 0 Å². The van der Waals surface area contributed by atoms with E-state index in [2.05, 4.69) is 5.32 Å². The number of carbonyl (C=O) groups is 2. The van der Waals surface area contributed by atoms with Gasteiger partial charge in [0.05, 0.1) is 6.54 Å². The quantitative estimate of drug-likeness (QED) is 0.869. The number of amides is 2. The van der Waals surface area contributed by atoms with Crippen molar-refractivity contribution in [3.63, 3.8) is 0 Å². The Labute approximate surface area is 113 Å². The average Bonchev–Trinajstić information content (AvgIpc) is 2.43. The summed E-state index contributed by atoms with van der Waals surface area (Å²) in [7, 11) is 0. The van der Waals surface area contributed by atoms with E-state index in [1.54, 1.807) is 4.90 Å². The molecule has 0 bridgehead atoms. The lowest BCUT2D eigenvalue weighted by Gasteiger charge is -2.35. The molecule has 0 spiro atoms. The number of piperazine rings is 1. The number of rotatable bonds is 5. The summed E-state index contributed by atoms with van der Waals surface area (Å²) in [6.07, 6.45) is 2.42. The van der Waals surface area contributed by atoms with Crippen LogP contribution in [0.5, 0.6) is 0 Å². The zero-order valence-electron chi connectivity index (χ0n) is 11.3. The SMILES string of the molecule is CCCC1C(=O)NCC(=O)N1CCc1ccccc1. The first-order chi connectivity index (χ1) is 9.22. The smallest absolute Gasteiger partial charge is 0.243 e. The molecule has 1 heterocycles. The van der Waals surface area contributed by atoms with E-state index >= 15 is 0 Å². The van der Waals surface area contributed by atoms with Crippen LogP contribution in [0.25, 0.3) is 0 Å². The zero-order chi connectivity index (χ0) is 13.7. The van der Waals surface area contributed by atoms with Gasteiger partial charge in [0.1, 0.15) is 6.04 Å². The van der Waals surface area contributed by atoms with Crippen LogP contribution in [-0.2, 0) is 16.0 Å². The second-order valence-corrected chi connectivity index (χ2v) is 4.85. The predicted molar refractivity (Wildman–Crippen MR) is 73.6 cm³/mol. The van der Waals surface area contributed by atoms with E-state index in [0.717, 1.165) is 19.3 Å². The highest BCUT2D eigenvalue weighted by Gasteiger charge is 2.33. The van der Waals surface area contributed by atoms with Gasteiger partial charge in [-0.3, -0.25) is 9.59 Å². The normalized spacial score (nSPS) is 19.4. The van der Waals surface area contributed by atoms with E-state index in [-0.39, 0.29) is 24.4 Å². The molecule has 102 valence electrons. The van der Waals surface area contributed by atoms with Crippen molar-refractivity contribution in [3.8, 4) is 0 Å². The van der Waals surface area contributed by atoms with Crippen molar-refractivity contribution >= 4 is 11.8 Å². The largest absolute Gasteiger partial charge is 0.345 e. The summed E-state index contributed by atoms with van der Waals surface area (Å²) in [6.45, 7) is 2.77. The predicted octanol–water partition coefficient (Wildman–Crippen LogP) is 1.36. The van der Waals surface area contributed by atoms with E-state index in [1.165, 1.54) is 5.56 Å². The maximum Gasteiger partial charge on any atom is 0.243 e. The second kappa shape index (κ2) is 6.36. The molecule has 1 aliphatic heterocycles. The fraction of sp³-hybridized carbons (Fsp3) is 0.467. The molecule has 1 aromatic carbocycles. The molecule has 1 aliphatic rings. The van der Waals surface area contributed by atoms with Crippen LogP contribution in [0.15, 0.2) is 30.3 Å². The zero-order valence-corrected chi connectivity index (χ0v) is 11.3. The van der Waals surface area contributed by atoms with Crippen molar-refractivity contribution in [1.82, 2.24) is 10.2 Å². The van der Waals surface area contributed by atoms with Gasteiger partial charge in [0, 0.05) is 6.54 Å². The third kappa shape index (κ3) is 3.34. The van der Waals surface area contributed by atoms with Gasteiger partial charge >= 0.3 is 0 Å².